The second-order valence-electron chi connectivity index (χ2n) is 5.16. The monoisotopic (exact) mass is 276 g/mol. The lowest BCUT2D eigenvalue weighted by Crippen LogP contribution is -2.33. The molecule has 0 aliphatic carbocycles. The molecular weight excluding hydrogens is 264 g/mol. The number of hydrogen-bond donors (Lipinski definition) is 1. The summed E-state index contributed by atoms with van der Waals surface area (Å²) in [5.41, 5.74) is 1.35. The van der Waals surface area contributed by atoms with Gasteiger partial charge in [0.1, 0.15) is 6.07 Å². The first-order valence-corrected chi connectivity index (χ1v) is 6.70. The number of carboxylic acids is 1. The van der Waals surface area contributed by atoms with E-state index < -0.39 is 5.97 Å². The molecule has 1 aromatic rings. The number of carboxylic acid groups (broad SMARTS) is 1. The Hall–Kier alpha value is -1.73. The Balaban J connectivity index is 2.02. The molecule has 1 aromatic carbocycles. The fraction of sp³-hybridized carbons (Fsp3) is 0.429. The van der Waals surface area contributed by atoms with E-state index in [1.807, 2.05) is 0 Å². The Bertz CT molecular complexity index is 581. The van der Waals surface area contributed by atoms with Crippen molar-refractivity contribution in [2.24, 2.45) is 5.92 Å². The summed E-state index contributed by atoms with van der Waals surface area (Å²) >= 11 is 6.01. The van der Waals surface area contributed by atoms with Crippen molar-refractivity contribution in [1.29, 1.82) is 5.26 Å². The van der Waals surface area contributed by atoms with E-state index in [1.165, 1.54) is 0 Å². The molecule has 0 aromatic heterocycles. The third-order valence-corrected chi connectivity index (χ3v) is 4.45. The third-order valence-electron chi connectivity index (χ3n) is 4.21. The van der Waals surface area contributed by atoms with Crippen molar-refractivity contribution in [1.82, 2.24) is 0 Å². The highest BCUT2D eigenvalue weighted by Gasteiger charge is 2.49. The maximum absolute atomic E-state index is 11.3. The summed E-state index contributed by atoms with van der Waals surface area (Å²) in [6, 6.07) is 7.54. The molecule has 3 atom stereocenters. The molecule has 3 rings (SSSR count). The normalized spacial score (nSPS) is 28.4. The van der Waals surface area contributed by atoms with Gasteiger partial charge in [0.2, 0.25) is 0 Å². The summed E-state index contributed by atoms with van der Waals surface area (Å²) < 4.78 is 0. The first-order chi connectivity index (χ1) is 9.11. The topological polar surface area (TPSA) is 64.3 Å². The summed E-state index contributed by atoms with van der Waals surface area (Å²) in [6.45, 7) is 0. The van der Waals surface area contributed by atoms with Crippen molar-refractivity contribution < 1.29 is 9.90 Å². The molecule has 0 saturated carbocycles. The van der Waals surface area contributed by atoms with E-state index in [0.717, 1.165) is 18.5 Å². The van der Waals surface area contributed by atoms with Crippen LogP contribution in [0.4, 0.5) is 5.69 Å². The summed E-state index contributed by atoms with van der Waals surface area (Å²) in [5.74, 6) is -1.07. The van der Waals surface area contributed by atoms with Crippen LogP contribution in [0.3, 0.4) is 0 Å². The maximum Gasteiger partial charge on any atom is 0.308 e. The lowest BCUT2D eigenvalue weighted by atomic mass is 9.89. The molecule has 2 saturated heterocycles. The molecule has 2 fully saturated rings. The van der Waals surface area contributed by atoms with Gasteiger partial charge in [-0.2, -0.15) is 5.26 Å². The molecule has 2 bridgehead atoms. The van der Waals surface area contributed by atoms with Gasteiger partial charge in [-0.3, -0.25) is 4.79 Å². The lowest BCUT2D eigenvalue weighted by Gasteiger charge is -2.26. The van der Waals surface area contributed by atoms with E-state index in [2.05, 4.69) is 11.0 Å². The number of nitrogens with zero attached hydrogens (tertiary/aromatic N) is 2. The summed E-state index contributed by atoms with van der Waals surface area (Å²) in [7, 11) is 0. The van der Waals surface area contributed by atoms with Crippen LogP contribution in [0.1, 0.15) is 24.8 Å². The number of carbonyl (C=O) groups is 1. The Morgan fingerprint density at radius 1 is 1.47 bits per heavy atom. The van der Waals surface area contributed by atoms with Crippen molar-refractivity contribution in [3.8, 4) is 6.07 Å². The number of benzene rings is 1. The summed E-state index contributed by atoms with van der Waals surface area (Å²) in [6.07, 6.45) is 2.53. The van der Waals surface area contributed by atoms with Crippen LogP contribution in [0.5, 0.6) is 0 Å². The average molecular weight is 277 g/mol. The van der Waals surface area contributed by atoms with Crippen molar-refractivity contribution in [2.45, 2.75) is 31.3 Å². The molecule has 2 heterocycles. The Labute approximate surface area is 116 Å². The molecule has 98 valence electrons. The number of rotatable bonds is 2. The predicted molar refractivity (Wildman–Crippen MR) is 71.2 cm³/mol. The molecule has 0 spiro atoms. The standard InChI is InChI=1S/C14H13ClN2O2/c15-9-2-1-8(7-16)13(5-9)17-10-3-4-12(17)11(6-10)14(18)19/h1-2,5,10-12H,3-4,6H2,(H,18,19). The molecule has 2 aliphatic rings. The number of halogens is 1. The quantitative estimate of drug-likeness (QED) is 0.902. The maximum atomic E-state index is 11.3. The van der Waals surface area contributed by atoms with E-state index in [9.17, 15) is 15.2 Å². The Morgan fingerprint density at radius 3 is 2.89 bits per heavy atom. The van der Waals surface area contributed by atoms with E-state index in [-0.39, 0.29) is 18.0 Å². The molecule has 1 N–H and O–H groups in total. The van der Waals surface area contributed by atoms with Gasteiger partial charge in [0, 0.05) is 17.1 Å². The van der Waals surface area contributed by atoms with Crippen LogP contribution in [-0.2, 0) is 4.79 Å². The van der Waals surface area contributed by atoms with Crippen molar-refractivity contribution >= 4 is 23.3 Å². The van der Waals surface area contributed by atoms with Crippen LogP contribution in [-0.4, -0.2) is 23.2 Å². The van der Waals surface area contributed by atoms with Gasteiger partial charge in [-0.15, -0.1) is 0 Å². The first-order valence-electron chi connectivity index (χ1n) is 6.32. The SMILES string of the molecule is N#Cc1ccc(Cl)cc1N1C2CCC1C(C(=O)O)C2. The van der Waals surface area contributed by atoms with Crippen LogP contribution >= 0.6 is 11.6 Å². The highest BCUT2D eigenvalue weighted by Crippen LogP contribution is 2.45. The second kappa shape index (κ2) is 4.43. The van der Waals surface area contributed by atoms with Gasteiger partial charge >= 0.3 is 5.97 Å². The third kappa shape index (κ3) is 1.85. The van der Waals surface area contributed by atoms with E-state index in [0.29, 0.717) is 17.0 Å². The van der Waals surface area contributed by atoms with Gasteiger partial charge in [-0.25, -0.2) is 0 Å². The fourth-order valence-electron chi connectivity index (χ4n) is 3.44. The predicted octanol–water partition coefficient (Wildman–Crippen LogP) is 2.65. The van der Waals surface area contributed by atoms with E-state index >= 15 is 0 Å². The van der Waals surface area contributed by atoms with Crippen LogP contribution in [0.2, 0.25) is 5.02 Å². The number of hydrogen-bond acceptors (Lipinski definition) is 3. The molecular formula is C14H13ClN2O2. The van der Waals surface area contributed by atoms with Gasteiger partial charge in [0.25, 0.3) is 0 Å². The lowest BCUT2D eigenvalue weighted by molar-refractivity contribution is -0.142. The molecule has 4 nitrogen and oxygen atoms in total. The zero-order chi connectivity index (χ0) is 13.6. The van der Waals surface area contributed by atoms with Crippen molar-refractivity contribution in [3.05, 3.63) is 28.8 Å². The van der Waals surface area contributed by atoms with Crippen molar-refractivity contribution in [3.63, 3.8) is 0 Å². The van der Waals surface area contributed by atoms with Gasteiger partial charge in [-0.05, 0) is 37.5 Å². The first kappa shape index (κ1) is 12.3. The highest BCUT2D eigenvalue weighted by molar-refractivity contribution is 6.30. The summed E-state index contributed by atoms with van der Waals surface area (Å²) in [5, 5.41) is 19.0. The number of fused-ring (bicyclic) bond motifs is 2. The molecule has 2 aliphatic heterocycles. The van der Waals surface area contributed by atoms with Crippen LogP contribution in [0.25, 0.3) is 0 Å². The minimum absolute atomic E-state index is 0.00642. The fourth-order valence-corrected chi connectivity index (χ4v) is 3.61. The number of anilines is 1. The average Bonchev–Trinajstić information content (AvgIpc) is 2.95. The van der Waals surface area contributed by atoms with Gasteiger partial charge in [0.05, 0.1) is 17.2 Å². The molecule has 0 radical (unpaired) electrons. The van der Waals surface area contributed by atoms with Crippen molar-refractivity contribution in [2.75, 3.05) is 4.90 Å². The smallest absolute Gasteiger partial charge is 0.308 e. The largest absolute Gasteiger partial charge is 0.481 e. The zero-order valence-corrected chi connectivity index (χ0v) is 11.0. The van der Waals surface area contributed by atoms with Crippen LogP contribution in [0, 0.1) is 17.2 Å². The van der Waals surface area contributed by atoms with Gasteiger partial charge in [0.15, 0.2) is 0 Å². The van der Waals surface area contributed by atoms with Crippen LogP contribution in [0.15, 0.2) is 18.2 Å². The molecule has 19 heavy (non-hydrogen) atoms. The van der Waals surface area contributed by atoms with Crippen LogP contribution < -0.4 is 4.90 Å². The second-order valence-corrected chi connectivity index (χ2v) is 5.60. The molecule has 3 unspecified atom stereocenters. The minimum atomic E-state index is -0.738. The number of aliphatic carboxylic acids is 1. The van der Waals surface area contributed by atoms with E-state index in [4.69, 9.17) is 11.6 Å². The van der Waals surface area contributed by atoms with E-state index in [1.54, 1.807) is 18.2 Å². The minimum Gasteiger partial charge on any atom is -0.481 e. The number of nitriles is 1. The summed E-state index contributed by atoms with van der Waals surface area (Å²) in [4.78, 5) is 13.4. The Kier molecular flexibility index (Phi) is 2.87. The van der Waals surface area contributed by atoms with Gasteiger partial charge < -0.3 is 10.0 Å². The zero-order valence-electron chi connectivity index (χ0n) is 10.2. The highest BCUT2D eigenvalue weighted by atomic mass is 35.5. The molecule has 5 heteroatoms. The van der Waals surface area contributed by atoms with Gasteiger partial charge in [-0.1, -0.05) is 11.6 Å². The Morgan fingerprint density at radius 2 is 2.26 bits per heavy atom. The molecule has 0 amide bonds.